The van der Waals surface area contributed by atoms with E-state index < -0.39 is 23.7 Å². The predicted molar refractivity (Wildman–Crippen MR) is 72.1 cm³/mol. The molecule has 1 heterocycles. The summed E-state index contributed by atoms with van der Waals surface area (Å²) in [5.41, 5.74) is 5.37. The van der Waals surface area contributed by atoms with Crippen LogP contribution in [0.2, 0.25) is 0 Å². The van der Waals surface area contributed by atoms with E-state index in [2.05, 4.69) is 0 Å². The van der Waals surface area contributed by atoms with Gasteiger partial charge in [-0.05, 0) is 37.0 Å². The first-order valence-electron chi connectivity index (χ1n) is 6.50. The average Bonchev–Trinajstić information content (AvgIpc) is 2.37. The van der Waals surface area contributed by atoms with E-state index in [0.29, 0.717) is 6.54 Å². The summed E-state index contributed by atoms with van der Waals surface area (Å²) in [6.07, 6.45) is 1.61. The smallest absolute Gasteiger partial charge is 0.326 e. The molecule has 0 saturated carbocycles. The molecular weight excluding hydrogens is 263 g/mol. The molecule has 1 aromatic carbocycles. The summed E-state index contributed by atoms with van der Waals surface area (Å²) >= 11 is 0. The van der Waals surface area contributed by atoms with Gasteiger partial charge in [-0.2, -0.15) is 0 Å². The van der Waals surface area contributed by atoms with Crippen molar-refractivity contribution >= 4 is 17.6 Å². The number of carbonyl (C=O) groups is 2. The van der Waals surface area contributed by atoms with Gasteiger partial charge in [0.1, 0.15) is 11.9 Å². The van der Waals surface area contributed by atoms with Crippen LogP contribution >= 0.6 is 0 Å². The van der Waals surface area contributed by atoms with Crippen molar-refractivity contribution in [3.05, 3.63) is 29.6 Å². The highest BCUT2D eigenvalue weighted by Gasteiger charge is 2.35. The van der Waals surface area contributed by atoms with Crippen LogP contribution in [0.5, 0.6) is 0 Å². The van der Waals surface area contributed by atoms with Gasteiger partial charge in [-0.1, -0.05) is 6.92 Å². The van der Waals surface area contributed by atoms with Crippen molar-refractivity contribution < 1.29 is 19.1 Å². The highest BCUT2D eigenvalue weighted by atomic mass is 19.1. The Bertz CT molecular complexity index is 547. The molecule has 108 valence electrons. The summed E-state index contributed by atoms with van der Waals surface area (Å²) < 4.78 is 14.1. The lowest BCUT2D eigenvalue weighted by Crippen LogP contribution is -2.49. The van der Waals surface area contributed by atoms with Crippen LogP contribution in [0.25, 0.3) is 0 Å². The molecule has 5 nitrogen and oxygen atoms in total. The number of primary amides is 1. The molecule has 0 aliphatic carbocycles. The van der Waals surface area contributed by atoms with E-state index in [0.717, 1.165) is 18.9 Å². The second-order valence-corrected chi connectivity index (χ2v) is 5.13. The number of carboxylic acids is 1. The maximum Gasteiger partial charge on any atom is 0.326 e. The van der Waals surface area contributed by atoms with Gasteiger partial charge in [-0.3, -0.25) is 4.79 Å². The molecule has 2 rings (SSSR count). The number of carbonyl (C=O) groups excluding carboxylic acids is 1. The Kier molecular flexibility index (Phi) is 3.92. The zero-order valence-corrected chi connectivity index (χ0v) is 11.2. The minimum Gasteiger partial charge on any atom is -0.480 e. The van der Waals surface area contributed by atoms with E-state index in [9.17, 15) is 19.1 Å². The Balaban J connectivity index is 2.38. The fraction of sp³-hybridized carbons (Fsp3) is 0.429. The number of amides is 1. The number of hydrogen-bond acceptors (Lipinski definition) is 3. The van der Waals surface area contributed by atoms with Crippen LogP contribution in [0.15, 0.2) is 18.2 Å². The standard InChI is InChI=1S/C14H17FN2O3/c1-8-3-2-6-17(12(8)14(19)20)11-5-4-9(13(16)18)7-10(11)15/h4-5,7-8,12H,2-3,6H2,1H3,(H2,16,18)(H,19,20). The van der Waals surface area contributed by atoms with E-state index >= 15 is 0 Å². The van der Waals surface area contributed by atoms with Gasteiger partial charge >= 0.3 is 5.97 Å². The molecule has 6 heteroatoms. The molecule has 0 spiro atoms. The van der Waals surface area contributed by atoms with Crippen LogP contribution in [0.1, 0.15) is 30.1 Å². The first-order valence-corrected chi connectivity index (χ1v) is 6.50. The molecule has 2 unspecified atom stereocenters. The van der Waals surface area contributed by atoms with Crippen molar-refractivity contribution in [1.82, 2.24) is 0 Å². The number of carboxylic acid groups (broad SMARTS) is 1. The Labute approximate surface area is 116 Å². The number of benzene rings is 1. The van der Waals surface area contributed by atoms with Crippen LogP contribution in [-0.2, 0) is 4.79 Å². The van der Waals surface area contributed by atoms with E-state index in [-0.39, 0.29) is 17.2 Å². The van der Waals surface area contributed by atoms with Crippen LogP contribution in [-0.4, -0.2) is 29.6 Å². The molecule has 1 fully saturated rings. The Morgan fingerprint density at radius 1 is 1.45 bits per heavy atom. The Morgan fingerprint density at radius 2 is 2.15 bits per heavy atom. The van der Waals surface area contributed by atoms with Gasteiger partial charge in [0.25, 0.3) is 0 Å². The SMILES string of the molecule is CC1CCCN(c2ccc(C(N)=O)cc2F)C1C(=O)O. The van der Waals surface area contributed by atoms with Crippen molar-refractivity contribution in [2.75, 3.05) is 11.4 Å². The number of nitrogens with two attached hydrogens (primary N) is 1. The van der Waals surface area contributed by atoms with Crippen molar-refractivity contribution in [2.24, 2.45) is 11.7 Å². The van der Waals surface area contributed by atoms with Crippen LogP contribution in [0.4, 0.5) is 10.1 Å². The quantitative estimate of drug-likeness (QED) is 0.881. The predicted octanol–water partition coefficient (Wildman–Crippen LogP) is 1.61. The first kappa shape index (κ1) is 14.3. The summed E-state index contributed by atoms with van der Waals surface area (Å²) in [7, 11) is 0. The molecule has 20 heavy (non-hydrogen) atoms. The molecule has 0 bridgehead atoms. The van der Waals surface area contributed by atoms with Gasteiger partial charge in [0, 0.05) is 12.1 Å². The van der Waals surface area contributed by atoms with Crippen LogP contribution in [0.3, 0.4) is 0 Å². The highest BCUT2D eigenvalue weighted by Crippen LogP contribution is 2.31. The van der Waals surface area contributed by atoms with Gasteiger partial charge in [0.2, 0.25) is 5.91 Å². The number of halogens is 1. The third-order valence-electron chi connectivity index (χ3n) is 3.73. The van der Waals surface area contributed by atoms with Gasteiger partial charge in [-0.15, -0.1) is 0 Å². The third kappa shape index (κ3) is 2.59. The lowest BCUT2D eigenvalue weighted by molar-refractivity contribution is -0.140. The minimum absolute atomic E-state index is 0.0588. The lowest BCUT2D eigenvalue weighted by atomic mass is 9.90. The monoisotopic (exact) mass is 280 g/mol. The third-order valence-corrected chi connectivity index (χ3v) is 3.73. The molecule has 3 N–H and O–H groups in total. The Morgan fingerprint density at radius 3 is 2.70 bits per heavy atom. The molecule has 1 aromatic rings. The van der Waals surface area contributed by atoms with Crippen LogP contribution < -0.4 is 10.6 Å². The van der Waals surface area contributed by atoms with Gasteiger partial charge in [0.15, 0.2) is 0 Å². The number of piperidine rings is 1. The molecule has 1 saturated heterocycles. The summed E-state index contributed by atoms with van der Waals surface area (Å²) in [6.45, 7) is 2.33. The summed E-state index contributed by atoms with van der Waals surface area (Å²) in [5.74, 6) is -2.36. The number of anilines is 1. The molecule has 1 aliphatic rings. The molecule has 0 radical (unpaired) electrons. The fourth-order valence-electron chi connectivity index (χ4n) is 2.73. The summed E-state index contributed by atoms with van der Waals surface area (Å²) in [5, 5.41) is 9.34. The maximum absolute atomic E-state index is 14.1. The summed E-state index contributed by atoms with van der Waals surface area (Å²) in [4.78, 5) is 24.0. The van der Waals surface area contributed by atoms with Gasteiger partial charge < -0.3 is 15.7 Å². The molecule has 1 amide bonds. The van der Waals surface area contributed by atoms with E-state index in [4.69, 9.17) is 5.73 Å². The number of aliphatic carboxylic acids is 1. The molecular formula is C14H17FN2O3. The van der Waals surface area contributed by atoms with Crippen molar-refractivity contribution in [1.29, 1.82) is 0 Å². The average molecular weight is 280 g/mol. The molecule has 2 atom stereocenters. The van der Waals surface area contributed by atoms with E-state index in [1.165, 1.54) is 12.1 Å². The number of nitrogens with zero attached hydrogens (tertiary/aromatic N) is 1. The first-order chi connectivity index (χ1) is 9.41. The Hall–Kier alpha value is -2.11. The van der Waals surface area contributed by atoms with Gasteiger partial charge in [0.05, 0.1) is 5.69 Å². The zero-order chi connectivity index (χ0) is 14.9. The second-order valence-electron chi connectivity index (χ2n) is 5.13. The lowest BCUT2D eigenvalue weighted by Gasteiger charge is -2.39. The molecule has 0 aromatic heterocycles. The fourth-order valence-corrected chi connectivity index (χ4v) is 2.73. The summed E-state index contributed by atoms with van der Waals surface area (Å²) in [6, 6.07) is 3.13. The van der Waals surface area contributed by atoms with Crippen molar-refractivity contribution in [3.8, 4) is 0 Å². The van der Waals surface area contributed by atoms with E-state index in [1.807, 2.05) is 6.92 Å². The maximum atomic E-state index is 14.1. The largest absolute Gasteiger partial charge is 0.480 e. The zero-order valence-electron chi connectivity index (χ0n) is 11.2. The number of rotatable bonds is 3. The van der Waals surface area contributed by atoms with Crippen molar-refractivity contribution in [3.63, 3.8) is 0 Å². The van der Waals surface area contributed by atoms with Crippen LogP contribution in [0, 0.1) is 11.7 Å². The number of hydrogen-bond donors (Lipinski definition) is 2. The topological polar surface area (TPSA) is 83.6 Å². The van der Waals surface area contributed by atoms with E-state index in [1.54, 1.807) is 4.90 Å². The minimum atomic E-state index is -0.962. The normalized spacial score (nSPS) is 22.6. The van der Waals surface area contributed by atoms with Crippen molar-refractivity contribution in [2.45, 2.75) is 25.8 Å². The highest BCUT2D eigenvalue weighted by molar-refractivity contribution is 5.93. The molecule has 1 aliphatic heterocycles. The van der Waals surface area contributed by atoms with Gasteiger partial charge in [-0.25, -0.2) is 9.18 Å². The second kappa shape index (κ2) is 5.48.